The van der Waals surface area contributed by atoms with Gasteiger partial charge in [0.05, 0.1) is 18.1 Å². The molecule has 0 saturated carbocycles. The fourth-order valence-corrected chi connectivity index (χ4v) is 4.19. The van der Waals surface area contributed by atoms with E-state index in [1.165, 1.54) is 12.8 Å². The summed E-state index contributed by atoms with van der Waals surface area (Å²) in [5.41, 5.74) is 2.06. The summed E-state index contributed by atoms with van der Waals surface area (Å²) in [5, 5.41) is 4.92. The molecule has 1 aliphatic heterocycles. The highest BCUT2D eigenvalue weighted by atomic mass is 32.2. The lowest BCUT2D eigenvalue weighted by molar-refractivity contribution is -0.130. The second-order valence-corrected chi connectivity index (χ2v) is 7.37. The molecule has 0 spiro atoms. The molecule has 1 saturated heterocycles. The molecule has 0 N–H and O–H groups in total. The number of hydrogen-bond donors (Lipinski definition) is 0. The van der Waals surface area contributed by atoms with Crippen LogP contribution in [0.1, 0.15) is 31.7 Å². The standard InChI is InChI=1S/C17H23N3OS/c1-2-22-15-7-3-5-9-19(13-15)17(21)11-14-12-18-20-10-6-4-8-16(14)20/h4,6,8,10,12,15H,2-3,5,7,9,11,13H2,1H3. The van der Waals surface area contributed by atoms with E-state index in [2.05, 4.69) is 16.9 Å². The van der Waals surface area contributed by atoms with E-state index in [0.717, 1.165) is 36.3 Å². The molecule has 3 rings (SSSR count). The summed E-state index contributed by atoms with van der Waals surface area (Å²) >= 11 is 1.99. The van der Waals surface area contributed by atoms with Crippen LogP contribution in [0.15, 0.2) is 30.6 Å². The Hall–Kier alpha value is -1.49. The normalized spacial score (nSPS) is 19.3. The number of aromatic nitrogens is 2. The zero-order chi connectivity index (χ0) is 15.4. The largest absolute Gasteiger partial charge is 0.341 e. The van der Waals surface area contributed by atoms with E-state index in [4.69, 9.17) is 0 Å². The maximum absolute atomic E-state index is 12.7. The Morgan fingerprint density at radius 1 is 1.41 bits per heavy atom. The van der Waals surface area contributed by atoms with Crippen LogP contribution in [0.25, 0.3) is 5.52 Å². The predicted octanol–water partition coefficient (Wildman–Crippen LogP) is 3.01. The van der Waals surface area contributed by atoms with E-state index in [-0.39, 0.29) is 5.91 Å². The van der Waals surface area contributed by atoms with Crippen molar-refractivity contribution >= 4 is 23.2 Å². The van der Waals surface area contributed by atoms with E-state index in [1.54, 1.807) is 0 Å². The monoisotopic (exact) mass is 317 g/mol. The average molecular weight is 317 g/mol. The van der Waals surface area contributed by atoms with Crippen molar-refractivity contribution < 1.29 is 4.79 Å². The summed E-state index contributed by atoms with van der Waals surface area (Å²) < 4.78 is 1.83. The van der Waals surface area contributed by atoms with Crippen LogP contribution in [-0.2, 0) is 11.2 Å². The van der Waals surface area contributed by atoms with Crippen LogP contribution < -0.4 is 0 Å². The predicted molar refractivity (Wildman–Crippen MR) is 91.2 cm³/mol. The van der Waals surface area contributed by atoms with Gasteiger partial charge in [-0.15, -0.1) is 0 Å². The van der Waals surface area contributed by atoms with Crippen LogP contribution in [0.2, 0.25) is 0 Å². The zero-order valence-electron chi connectivity index (χ0n) is 13.1. The van der Waals surface area contributed by atoms with Crippen molar-refractivity contribution in [3.8, 4) is 0 Å². The first-order valence-corrected chi connectivity index (χ1v) is 9.13. The van der Waals surface area contributed by atoms with Crippen LogP contribution in [0, 0.1) is 0 Å². The van der Waals surface area contributed by atoms with Crippen molar-refractivity contribution in [3.63, 3.8) is 0 Å². The number of nitrogens with zero attached hydrogens (tertiary/aromatic N) is 3. The lowest BCUT2D eigenvalue weighted by Gasteiger charge is -2.24. The fourth-order valence-electron chi connectivity index (χ4n) is 3.10. The molecule has 1 aliphatic rings. The lowest BCUT2D eigenvalue weighted by atomic mass is 10.2. The lowest BCUT2D eigenvalue weighted by Crippen LogP contribution is -2.36. The summed E-state index contributed by atoms with van der Waals surface area (Å²) in [6, 6.07) is 5.96. The first kappa shape index (κ1) is 15.4. The second kappa shape index (κ2) is 7.18. The third-order valence-electron chi connectivity index (χ3n) is 4.23. The van der Waals surface area contributed by atoms with Crippen LogP contribution in [0.4, 0.5) is 0 Å². The second-order valence-electron chi connectivity index (χ2n) is 5.79. The van der Waals surface area contributed by atoms with Gasteiger partial charge in [-0.1, -0.05) is 19.4 Å². The third kappa shape index (κ3) is 3.46. The van der Waals surface area contributed by atoms with Crippen LogP contribution >= 0.6 is 11.8 Å². The Morgan fingerprint density at radius 2 is 2.32 bits per heavy atom. The Kier molecular flexibility index (Phi) is 5.03. The molecule has 0 bridgehead atoms. The molecule has 2 aromatic rings. The van der Waals surface area contributed by atoms with E-state index >= 15 is 0 Å². The number of pyridine rings is 1. The number of fused-ring (bicyclic) bond motifs is 1. The van der Waals surface area contributed by atoms with Crippen molar-refractivity contribution in [2.75, 3.05) is 18.8 Å². The highest BCUT2D eigenvalue weighted by Crippen LogP contribution is 2.23. The SMILES string of the molecule is CCSC1CCCCN(C(=O)Cc2cnn3ccccc23)C1. The number of carbonyl (C=O) groups is 1. The Bertz CT molecular complexity index is 640. The van der Waals surface area contributed by atoms with Gasteiger partial charge in [0, 0.05) is 30.1 Å². The molecular formula is C17H23N3OS. The van der Waals surface area contributed by atoms with Crippen molar-refractivity contribution in [3.05, 3.63) is 36.2 Å². The molecule has 4 nitrogen and oxygen atoms in total. The number of thioether (sulfide) groups is 1. The molecule has 118 valence electrons. The van der Waals surface area contributed by atoms with Gasteiger partial charge < -0.3 is 4.90 Å². The summed E-state index contributed by atoms with van der Waals surface area (Å²) in [4.78, 5) is 14.8. The summed E-state index contributed by atoms with van der Waals surface area (Å²) in [7, 11) is 0. The van der Waals surface area contributed by atoms with Gasteiger partial charge in [-0.3, -0.25) is 4.79 Å². The van der Waals surface area contributed by atoms with Gasteiger partial charge in [-0.05, 0) is 30.7 Å². The Balaban J connectivity index is 1.70. The summed E-state index contributed by atoms with van der Waals surface area (Å²) in [6.07, 6.45) is 7.79. The van der Waals surface area contributed by atoms with Crippen LogP contribution in [0.5, 0.6) is 0 Å². The van der Waals surface area contributed by atoms with Crippen molar-refractivity contribution in [1.82, 2.24) is 14.5 Å². The van der Waals surface area contributed by atoms with E-state index < -0.39 is 0 Å². The first-order chi connectivity index (χ1) is 10.8. The maximum Gasteiger partial charge on any atom is 0.227 e. The minimum atomic E-state index is 0.238. The van der Waals surface area contributed by atoms with E-state index in [9.17, 15) is 4.79 Å². The Morgan fingerprint density at radius 3 is 3.18 bits per heavy atom. The molecule has 2 aromatic heterocycles. The molecule has 3 heterocycles. The molecule has 0 aromatic carbocycles. The van der Waals surface area contributed by atoms with Crippen LogP contribution in [0.3, 0.4) is 0 Å². The van der Waals surface area contributed by atoms with Gasteiger partial charge >= 0.3 is 0 Å². The maximum atomic E-state index is 12.7. The number of hydrogen-bond acceptors (Lipinski definition) is 3. The topological polar surface area (TPSA) is 37.6 Å². The molecule has 1 unspecified atom stereocenters. The number of rotatable bonds is 4. The Labute approximate surface area is 135 Å². The summed E-state index contributed by atoms with van der Waals surface area (Å²) in [6.45, 7) is 4.00. The van der Waals surface area contributed by atoms with Gasteiger partial charge in [0.25, 0.3) is 0 Å². The molecule has 1 fully saturated rings. The first-order valence-electron chi connectivity index (χ1n) is 8.08. The molecule has 1 amide bonds. The average Bonchev–Trinajstić information content (AvgIpc) is 2.78. The highest BCUT2D eigenvalue weighted by molar-refractivity contribution is 7.99. The third-order valence-corrected chi connectivity index (χ3v) is 5.42. The van der Waals surface area contributed by atoms with Gasteiger partial charge in [0.2, 0.25) is 5.91 Å². The quantitative estimate of drug-likeness (QED) is 0.870. The molecule has 22 heavy (non-hydrogen) atoms. The van der Waals surface area contributed by atoms with Crippen LogP contribution in [-0.4, -0.2) is 44.5 Å². The fraction of sp³-hybridized carbons (Fsp3) is 0.529. The number of likely N-dealkylation sites (tertiary alicyclic amines) is 1. The van der Waals surface area contributed by atoms with Gasteiger partial charge in [0.1, 0.15) is 0 Å². The van der Waals surface area contributed by atoms with Crippen molar-refractivity contribution in [2.45, 2.75) is 37.9 Å². The molecule has 1 atom stereocenters. The number of amides is 1. The molecule has 0 aliphatic carbocycles. The summed E-state index contributed by atoms with van der Waals surface area (Å²) in [5.74, 6) is 1.36. The minimum Gasteiger partial charge on any atom is -0.341 e. The zero-order valence-corrected chi connectivity index (χ0v) is 13.9. The molecule has 5 heteroatoms. The highest BCUT2D eigenvalue weighted by Gasteiger charge is 2.22. The smallest absolute Gasteiger partial charge is 0.227 e. The van der Waals surface area contributed by atoms with Crippen molar-refractivity contribution in [2.24, 2.45) is 0 Å². The number of carbonyl (C=O) groups excluding carboxylic acids is 1. The molecular weight excluding hydrogens is 294 g/mol. The van der Waals surface area contributed by atoms with Gasteiger partial charge in [0.15, 0.2) is 0 Å². The molecule has 0 radical (unpaired) electrons. The van der Waals surface area contributed by atoms with Gasteiger partial charge in [-0.25, -0.2) is 4.52 Å². The van der Waals surface area contributed by atoms with Crippen molar-refractivity contribution in [1.29, 1.82) is 0 Å². The van der Waals surface area contributed by atoms with Gasteiger partial charge in [-0.2, -0.15) is 16.9 Å². The van der Waals surface area contributed by atoms with E-state index in [0.29, 0.717) is 11.7 Å². The minimum absolute atomic E-state index is 0.238. The van der Waals surface area contributed by atoms with E-state index in [1.807, 2.05) is 46.9 Å².